The lowest BCUT2D eigenvalue weighted by molar-refractivity contribution is -0.114. The Kier molecular flexibility index (Phi) is 5.58. The van der Waals surface area contributed by atoms with Gasteiger partial charge >= 0.3 is 0 Å². The van der Waals surface area contributed by atoms with E-state index in [2.05, 4.69) is 15.2 Å². The predicted octanol–water partition coefficient (Wildman–Crippen LogP) is 1.68. The molecule has 0 aliphatic rings. The zero-order valence-electron chi connectivity index (χ0n) is 11.5. The van der Waals surface area contributed by atoms with Gasteiger partial charge in [0.1, 0.15) is 5.69 Å². The molecular formula is C13H21N3O2. The van der Waals surface area contributed by atoms with Crippen molar-refractivity contribution in [1.29, 1.82) is 0 Å². The fraction of sp³-hybridized carbons (Fsp3) is 0.538. The molecule has 5 nitrogen and oxygen atoms in total. The maximum Gasteiger partial charge on any atom is 0.237 e. The number of pyridine rings is 1. The third kappa shape index (κ3) is 5.14. The van der Waals surface area contributed by atoms with Crippen molar-refractivity contribution in [3.63, 3.8) is 0 Å². The van der Waals surface area contributed by atoms with Crippen molar-refractivity contribution in [1.82, 2.24) is 9.88 Å². The summed E-state index contributed by atoms with van der Waals surface area (Å²) in [6.45, 7) is 4.94. The second-order valence-electron chi connectivity index (χ2n) is 4.55. The SMILES string of the molecule is CC(=O)Nc1cc(C)cnc1OCCCN(C)C. The maximum absolute atomic E-state index is 11.1. The van der Waals surface area contributed by atoms with Crippen LogP contribution in [0.5, 0.6) is 5.88 Å². The van der Waals surface area contributed by atoms with Gasteiger partial charge in [-0.3, -0.25) is 4.79 Å². The lowest BCUT2D eigenvalue weighted by atomic mass is 10.3. The molecule has 0 aromatic carbocycles. The molecule has 5 heteroatoms. The summed E-state index contributed by atoms with van der Waals surface area (Å²) in [6, 6.07) is 1.86. The van der Waals surface area contributed by atoms with E-state index in [0.29, 0.717) is 18.2 Å². The van der Waals surface area contributed by atoms with Crippen molar-refractivity contribution in [2.24, 2.45) is 0 Å². The summed E-state index contributed by atoms with van der Waals surface area (Å²) < 4.78 is 5.59. The van der Waals surface area contributed by atoms with E-state index in [1.165, 1.54) is 6.92 Å². The molecule has 1 amide bonds. The molecule has 1 rings (SSSR count). The minimum Gasteiger partial charge on any atom is -0.476 e. The molecule has 1 aromatic rings. The number of anilines is 1. The second kappa shape index (κ2) is 6.96. The van der Waals surface area contributed by atoms with Crippen molar-refractivity contribution in [2.45, 2.75) is 20.3 Å². The van der Waals surface area contributed by atoms with E-state index in [-0.39, 0.29) is 5.91 Å². The van der Waals surface area contributed by atoms with Crippen LogP contribution in [0.1, 0.15) is 18.9 Å². The predicted molar refractivity (Wildman–Crippen MR) is 71.9 cm³/mol. The Bertz CT molecular complexity index is 405. The van der Waals surface area contributed by atoms with E-state index >= 15 is 0 Å². The summed E-state index contributed by atoms with van der Waals surface area (Å²) in [5.41, 5.74) is 1.62. The van der Waals surface area contributed by atoms with Gasteiger partial charge in [0.15, 0.2) is 0 Å². The van der Waals surface area contributed by atoms with Crippen molar-refractivity contribution in [2.75, 3.05) is 32.6 Å². The van der Waals surface area contributed by atoms with Gasteiger partial charge in [0, 0.05) is 19.7 Å². The average Bonchev–Trinajstić information content (AvgIpc) is 2.25. The fourth-order valence-electron chi connectivity index (χ4n) is 1.50. The normalized spacial score (nSPS) is 10.5. The highest BCUT2D eigenvalue weighted by Crippen LogP contribution is 2.22. The van der Waals surface area contributed by atoms with Crippen LogP contribution in [0.15, 0.2) is 12.3 Å². The smallest absolute Gasteiger partial charge is 0.237 e. The van der Waals surface area contributed by atoms with Gasteiger partial charge in [-0.1, -0.05) is 0 Å². The standard InChI is InChI=1S/C13H21N3O2/c1-10-8-12(15-11(2)17)13(14-9-10)18-7-5-6-16(3)4/h8-9H,5-7H2,1-4H3,(H,15,17). The van der Waals surface area contributed by atoms with Crippen LogP contribution in [0.25, 0.3) is 0 Å². The third-order valence-corrected chi connectivity index (χ3v) is 2.29. The van der Waals surface area contributed by atoms with E-state index in [1.54, 1.807) is 6.20 Å². The fourth-order valence-corrected chi connectivity index (χ4v) is 1.50. The van der Waals surface area contributed by atoms with Crippen LogP contribution in [0.4, 0.5) is 5.69 Å². The summed E-state index contributed by atoms with van der Waals surface area (Å²) in [4.78, 5) is 17.4. The second-order valence-corrected chi connectivity index (χ2v) is 4.55. The maximum atomic E-state index is 11.1. The van der Waals surface area contributed by atoms with Crippen LogP contribution in [0.2, 0.25) is 0 Å². The molecule has 0 spiro atoms. The first-order valence-electron chi connectivity index (χ1n) is 6.01. The van der Waals surface area contributed by atoms with Crippen LogP contribution in [0, 0.1) is 6.92 Å². The number of ether oxygens (including phenoxy) is 1. The number of hydrogen-bond acceptors (Lipinski definition) is 4. The number of nitrogens with zero attached hydrogens (tertiary/aromatic N) is 2. The van der Waals surface area contributed by atoms with Gasteiger partial charge < -0.3 is 15.0 Å². The minimum absolute atomic E-state index is 0.124. The highest BCUT2D eigenvalue weighted by molar-refractivity contribution is 5.90. The Morgan fingerprint density at radius 2 is 2.22 bits per heavy atom. The van der Waals surface area contributed by atoms with Gasteiger partial charge in [-0.15, -0.1) is 0 Å². The van der Waals surface area contributed by atoms with Gasteiger partial charge in [-0.2, -0.15) is 0 Å². The van der Waals surface area contributed by atoms with Gasteiger partial charge in [-0.25, -0.2) is 4.98 Å². The molecule has 0 fully saturated rings. The van der Waals surface area contributed by atoms with Crippen LogP contribution in [-0.2, 0) is 4.79 Å². The first-order chi connectivity index (χ1) is 8.49. The van der Waals surface area contributed by atoms with Crippen molar-refractivity contribution in [3.05, 3.63) is 17.8 Å². The average molecular weight is 251 g/mol. The first kappa shape index (κ1) is 14.4. The van der Waals surface area contributed by atoms with E-state index < -0.39 is 0 Å². The summed E-state index contributed by atoms with van der Waals surface area (Å²) in [6.07, 6.45) is 2.65. The molecule has 100 valence electrons. The number of hydrogen-bond donors (Lipinski definition) is 1. The minimum atomic E-state index is -0.124. The van der Waals surface area contributed by atoms with Crippen molar-refractivity contribution < 1.29 is 9.53 Å². The monoisotopic (exact) mass is 251 g/mol. The van der Waals surface area contributed by atoms with E-state index in [0.717, 1.165) is 18.5 Å². The van der Waals surface area contributed by atoms with Crippen LogP contribution in [-0.4, -0.2) is 43.0 Å². The Hall–Kier alpha value is -1.62. The van der Waals surface area contributed by atoms with Crippen LogP contribution >= 0.6 is 0 Å². The van der Waals surface area contributed by atoms with Gasteiger partial charge in [0.25, 0.3) is 0 Å². The molecule has 18 heavy (non-hydrogen) atoms. The number of aryl methyl sites for hydroxylation is 1. The first-order valence-corrected chi connectivity index (χ1v) is 6.01. The molecule has 0 aliphatic carbocycles. The highest BCUT2D eigenvalue weighted by atomic mass is 16.5. The topological polar surface area (TPSA) is 54.5 Å². The molecule has 1 heterocycles. The zero-order valence-corrected chi connectivity index (χ0v) is 11.5. The van der Waals surface area contributed by atoms with Crippen LogP contribution < -0.4 is 10.1 Å². The molecule has 0 saturated heterocycles. The number of aromatic nitrogens is 1. The van der Waals surface area contributed by atoms with E-state index in [4.69, 9.17) is 4.74 Å². The van der Waals surface area contributed by atoms with Crippen LogP contribution in [0.3, 0.4) is 0 Å². The molecule has 0 radical (unpaired) electrons. The molecule has 0 atom stereocenters. The number of carbonyl (C=O) groups excluding carboxylic acids is 1. The Morgan fingerprint density at radius 1 is 1.50 bits per heavy atom. The largest absolute Gasteiger partial charge is 0.476 e. The van der Waals surface area contributed by atoms with Gasteiger partial charge in [0.2, 0.25) is 11.8 Å². The molecule has 0 unspecified atom stereocenters. The summed E-state index contributed by atoms with van der Waals surface area (Å²) in [7, 11) is 4.04. The van der Waals surface area contributed by atoms with Gasteiger partial charge in [0.05, 0.1) is 6.61 Å². The zero-order chi connectivity index (χ0) is 13.5. The third-order valence-electron chi connectivity index (χ3n) is 2.29. The molecule has 0 aliphatic heterocycles. The van der Waals surface area contributed by atoms with Crippen molar-refractivity contribution in [3.8, 4) is 5.88 Å². The van der Waals surface area contributed by atoms with E-state index in [1.807, 2.05) is 27.1 Å². The number of amides is 1. The Morgan fingerprint density at radius 3 is 2.83 bits per heavy atom. The summed E-state index contributed by atoms with van der Waals surface area (Å²) >= 11 is 0. The molecule has 1 N–H and O–H groups in total. The molecule has 0 bridgehead atoms. The Labute approximate surface area is 108 Å². The molecule has 1 aromatic heterocycles. The van der Waals surface area contributed by atoms with Crippen molar-refractivity contribution >= 4 is 11.6 Å². The Balaban J connectivity index is 2.60. The summed E-state index contributed by atoms with van der Waals surface area (Å²) in [5, 5.41) is 2.73. The highest BCUT2D eigenvalue weighted by Gasteiger charge is 2.07. The molecular weight excluding hydrogens is 230 g/mol. The summed E-state index contributed by atoms with van der Waals surface area (Å²) in [5.74, 6) is 0.357. The number of rotatable bonds is 6. The van der Waals surface area contributed by atoms with Gasteiger partial charge in [-0.05, 0) is 39.1 Å². The quantitative estimate of drug-likeness (QED) is 0.782. The number of nitrogens with one attached hydrogen (secondary N) is 1. The van der Waals surface area contributed by atoms with E-state index in [9.17, 15) is 4.79 Å². The number of carbonyl (C=O) groups is 1. The lowest BCUT2D eigenvalue weighted by Crippen LogP contribution is -2.16. The lowest BCUT2D eigenvalue weighted by Gasteiger charge is -2.13. The molecule has 0 saturated carbocycles.